The molecular weight excluding hydrogens is 144 g/mol. The van der Waals surface area contributed by atoms with Crippen LogP contribution in [-0.4, -0.2) is 12.5 Å². The molecule has 1 aromatic carbocycles. The van der Waals surface area contributed by atoms with E-state index in [1.54, 1.807) is 6.07 Å². The first-order chi connectivity index (χ1) is 5.27. The van der Waals surface area contributed by atoms with Gasteiger partial charge in [-0.05, 0) is 12.1 Å². The van der Waals surface area contributed by atoms with Crippen LogP contribution in [0.2, 0.25) is 0 Å². The first kappa shape index (κ1) is 7.77. The number of nitrogens with zero attached hydrogens (tertiary/aromatic N) is 1. The van der Waals surface area contributed by atoms with Gasteiger partial charge in [0.25, 0.3) is 0 Å². The molecule has 0 atom stereocenters. The van der Waals surface area contributed by atoms with Gasteiger partial charge in [0.05, 0.1) is 5.56 Å². The predicted octanol–water partition coefficient (Wildman–Crippen LogP) is -0.0658. The zero-order valence-electron chi connectivity index (χ0n) is 5.58. The lowest BCUT2D eigenvalue weighted by Gasteiger charge is -1.94. The summed E-state index contributed by atoms with van der Waals surface area (Å²) in [6, 6.07) is 5.46. The molecular formula is C7H4BFNO. The van der Waals surface area contributed by atoms with Gasteiger partial charge in [0.1, 0.15) is 11.9 Å². The highest BCUT2D eigenvalue weighted by molar-refractivity contribution is 6.45. The Morgan fingerprint density at radius 2 is 2.27 bits per heavy atom. The lowest BCUT2D eigenvalue weighted by atomic mass is 9.88. The third kappa shape index (κ3) is 1.57. The fourth-order valence-electron chi connectivity index (χ4n) is 0.709. The van der Waals surface area contributed by atoms with E-state index in [2.05, 4.69) is 0 Å². The summed E-state index contributed by atoms with van der Waals surface area (Å²) in [5.74, 6) is -0.571. The Hall–Kier alpha value is -1.34. The topological polar surface area (TPSA) is 44.0 Å². The molecule has 1 N–H and O–H groups in total. The van der Waals surface area contributed by atoms with E-state index in [4.69, 9.17) is 10.3 Å². The SMILES string of the molecule is N#Cc1cc([B]O)ccc1F. The maximum atomic E-state index is 12.6. The molecule has 53 valence electrons. The summed E-state index contributed by atoms with van der Waals surface area (Å²) in [5.41, 5.74) is 0.357. The second-order valence-corrected chi connectivity index (χ2v) is 1.98. The minimum Gasteiger partial charge on any atom is -0.450 e. The molecule has 0 saturated heterocycles. The molecule has 0 aliphatic carbocycles. The Labute approximate surface area is 64.2 Å². The molecule has 0 heterocycles. The molecule has 0 aliphatic rings. The van der Waals surface area contributed by atoms with Crippen LogP contribution in [0.1, 0.15) is 5.56 Å². The van der Waals surface area contributed by atoms with Crippen molar-refractivity contribution in [1.82, 2.24) is 0 Å². The van der Waals surface area contributed by atoms with E-state index in [1.807, 2.05) is 0 Å². The molecule has 0 unspecified atom stereocenters. The van der Waals surface area contributed by atoms with Crippen LogP contribution in [0, 0.1) is 17.1 Å². The minimum atomic E-state index is -0.571. The van der Waals surface area contributed by atoms with Gasteiger partial charge in [-0.25, -0.2) is 4.39 Å². The van der Waals surface area contributed by atoms with Crippen LogP contribution in [0.25, 0.3) is 0 Å². The van der Waals surface area contributed by atoms with Crippen LogP contribution < -0.4 is 5.46 Å². The molecule has 1 radical (unpaired) electrons. The zero-order valence-corrected chi connectivity index (χ0v) is 5.58. The molecule has 0 amide bonds. The van der Waals surface area contributed by atoms with E-state index in [1.165, 1.54) is 12.1 Å². The van der Waals surface area contributed by atoms with Gasteiger partial charge >= 0.3 is 7.48 Å². The summed E-state index contributed by atoms with van der Waals surface area (Å²) in [6.07, 6.45) is 0. The van der Waals surface area contributed by atoms with Crippen molar-refractivity contribution in [1.29, 1.82) is 5.26 Å². The highest BCUT2D eigenvalue weighted by atomic mass is 19.1. The Kier molecular flexibility index (Phi) is 2.24. The second kappa shape index (κ2) is 3.17. The fraction of sp³-hybridized carbons (Fsp3) is 0. The fourth-order valence-corrected chi connectivity index (χ4v) is 0.709. The normalized spacial score (nSPS) is 8.82. The monoisotopic (exact) mass is 148 g/mol. The largest absolute Gasteiger partial charge is 0.450 e. The minimum absolute atomic E-state index is 0.0622. The summed E-state index contributed by atoms with van der Waals surface area (Å²) in [5, 5.41) is 16.8. The van der Waals surface area contributed by atoms with Gasteiger partial charge in [0, 0.05) is 0 Å². The van der Waals surface area contributed by atoms with Crippen molar-refractivity contribution in [2.75, 3.05) is 0 Å². The number of rotatable bonds is 1. The Bertz CT molecular complexity index is 308. The van der Waals surface area contributed by atoms with E-state index in [9.17, 15) is 4.39 Å². The first-order valence-corrected chi connectivity index (χ1v) is 2.95. The molecule has 1 rings (SSSR count). The summed E-state index contributed by atoms with van der Waals surface area (Å²) < 4.78 is 12.6. The summed E-state index contributed by atoms with van der Waals surface area (Å²) >= 11 is 0. The number of halogens is 1. The molecule has 4 heteroatoms. The van der Waals surface area contributed by atoms with Gasteiger partial charge in [0.15, 0.2) is 0 Å². The average molecular weight is 148 g/mol. The summed E-state index contributed by atoms with van der Waals surface area (Å²) in [4.78, 5) is 0. The molecule has 0 spiro atoms. The van der Waals surface area contributed by atoms with Crippen molar-refractivity contribution in [3.8, 4) is 6.07 Å². The number of hydrogen-bond donors (Lipinski definition) is 1. The lowest BCUT2D eigenvalue weighted by molar-refractivity contribution is 0.613. The van der Waals surface area contributed by atoms with Crippen LogP contribution in [-0.2, 0) is 0 Å². The molecule has 0 bridgehead atoms. The van der Waals surface area contributed by atoms with Crippen LogP contribution in [0.3, 0.4) is 0 Å². The van der Waals surface area contributed by atoms with Gasteiger partial charge in [-0.15, -0.1) is 0 Å². The molecule has 0 aromatic heterocycles. The van der Waals surface area contributed by atoms with Gasteiger partial charge in [0.2, 0.25) is 0 Å². The number of benzene rings is 1. The highest BCUT2D eigenvalue weighted by Gasteiger charge is 2.01. The van der Waals surface area contributed by atoms with Crippen molar-refractivity contribution >= 4 is 12.9 Å². The standard InChI is InChI=1S/C7H4BFNO/c9-7-2-1-6(8-11)3-5(7)4-10/h1-3,11H. The molecule has 11 heavy (non-hydrogen) atoms. The zero-order chi connectivity index (χ0) is 8.27. The third-order valence-corrected chi connectivity index (χ3v) is 1.26. The maximum absolute atomic E-state index is 12.6. The van der Waals surface area contributed by atoms with E-state index in [0.717, 1.165) is 13.5 Å². The van der Waals surface area contributed by atoms with Crippen molar-refractivity contribution in [2.45, 2.75) is 0 Å². The molecule has 2 nitrogen and oxygen atoms in total. The summed E-state index contributed by atoms with van der Waals surface area (Å²) in [7, 11) is 0.820. The lowest BCUT2D eigenvalue weighted by Crippen LogP contribution is -2.13. The van der Waals surface area contributed by atoms with E-state index in [-0.39, 0.29) is 5.56 Å². The van der Waals surface area contributed by atoms with Crippen molar-refractivity contribution in [3.05, 3.63) is 29.6 Å². The Morgan fingerprint density at radius 3 is 2.82 bits per heavy atom. The Morgan fingerprint density at radius 1 is 1.55 bits per heavy atom. The maximum Gasteiger partial charge on any atom is 0.326 e. The van der Waals surface area contributed by atoms with Gasteiger partial charge in [-0.3, -0.25) is 0 Å². The first-order valence-electron chi connectivity index (χ1n) is 2.95. The number of hydrogen-bond acceptors (Lipinski definition) is 2. The van der Waals surface area contributed by atoms with Crippen molar-refractivity contribution in [3.63, 3.8) is 0 Å². The molecule has 0 aliphatic heterocycles. The third-order valence-electron chi connectivity index (χ3n) is 1.26. The van der Waals surface area contributed by atoms with Crippen LogP contribution in [0.4, 0.5) is 4.39 Å². The highest BCUT2D eigenvalue weighted by Crippen LogP contribution is 2.01. The summed E-state index contributed by atoms with van der Waals surface area (Å²) in [6.45, 7) is 0. The van der Waals surface area contributed by atoms with Crippen LogP contribution >= 0.6 is 0 Å². The van der Waals surface area contributed by atoms with Gasteiger partial charge in [-0.2, -0.15) is 5.26 Å². The molecule has 0 fully saturated rings. The van der Waals surface area contributed by atoms with Gasteiger partial charge in [-0.1, -0.05) is 11.5 Å². The van der Waals surface area contributed by atoms with E-state index >= 15 is 0 Å². The second-order valence-electron chi connectivity index (χ2n) is 1.98. The van der Waals surface area contributed by atoms with E-state index in [0.29, 0.717) is 5.46 Å². The predicted molar refractivity (Wildman–Crippen MR) is 38.7 cm³/mol. The number of nitriles is 1. The van der Waals surface area contributed by atoms with E-state index < -0.39 is 5.82 Å². The van der Waals surface area contributed by atoms with Crippen molar-refractivity contribution in [2.24, 2.45) is 0 Å². The van der Waals surface area contributed by atoms with Gasteiger partial charge < -0.3 is 5.02 Å². The van der Waals surface area contributed by atoms with Crippen LogP contribution in [0.15, 0.2) is 18.2 Å². The molecule has 0 saturated carbocycles. The van der Waals surface area contributed by atoms with Crippen LogP contribution in [0.5, 0.6) is 0 Å². The quantitative estimate of drug-likeness (QED) is 0.566. The molecule has 1 aromatic rings. The average Bonchev–Trinajstić information content (AvgIpc) is 2.05. The smallest absolute Gasteiger partial charge is 0.326 e. The van der Waals surface area contributed by atoms with Crippen molar-refractivity contribution < 1.29 is 9.41 Å². The Balaban J connectivity index is 3.15.